The van der Waals surface area contributed by atoms with Gasteiger partial charge in [0.1, 0.15) is 0 Å². The van der Waals surface area contributed by atoms with Crippen LogP contribution in [0.3, 0.4) is 0 Å². The summed E-state index contributed by atoms with van der Waals surface area (Å²) < 4.78 is 0. The number of hydrogen-bond acceptors (Lipinski definition) is 1. The first-order valence-electron chi connectivity index (χ1n) is 7.71. The lowest BCUT2D eigenvalue weighted by molar-refractivity contribution is 0.141. The molecule has 0 N–H and O–H groups in total. The predicted octanol–water partition coefficient (Wildman–Crippen LogP) is 4.37. The summed E-state index contributed by atoms with van der Waals surface area (Å²) in [6.07, 6.45) is 17.8. The van der Waals surface area contributed by atoms with Crippen molar-refractivity contribution in [3.63, 3.8) is 0 Å². The second-order valence-corrected chi connectivity index (χ2v) is 5.80. The van der Waals surface area contributed by atoms with Crippen LogP contribution in [0.25, 0.3) is 0 Å². The summed E-state index contributed by atoms with van der Waals surface area (Å²) in [5.74, 6) is 0. The van der Waals surface area contributed by atoms with E-state index in [0.717, 1.165) is 6.04 Å². The van der Waals surface area contributed by atoms with Gasteiger partial charge in [0, 0.05) is 6.04 Å². The Morgan fingerprint density at radius 3 is 1.50 bits per heavy atom. The van der Waals surface area contributed by atoms with Crippen LogP contribution in [0.15, 0.2) is 0 Å². The van der Waals surface area contributed by atoms with Crippen LogP contribution in [0.2, 0.25) is 0 Å². The normalized spacial score (nSPS) is 27.8. The van der Waals surface area contributed by atoms with Crippen LogP contribution in [0.1, 0.15) is 77.0 Å². The number of rotatable bonds is 1. The highest BCUT2D eigenvalue weighted by Gasteiger charge is 2.20. The van der Waals surface area contributed by atoms with Crippen LogP contribution in [-0.4, -0.2) is 24.0 Å². The Labute approximate surface area is 102 Å². The first-order chi connectivity index (χ1) is 7.97. The molecular formula is C15H29N. The molecule has 0 atom stereocenters. The maximum Gasteiger partial charge on any atom is 0.00952 e. The second kappa shape index (κ2) is 7.32. The van der Waals surface area contributed by atoms with E-state index in [-0.39, 0.29) is 0 Å². The highest BCUT2D eigenvalue weighted by atomic mass is 15.2. The molecule has 0 radical (unpaired) electrons. The quantitative estimate of drug-likeness (QED) is 0.638. The van der Waals surface area contributed by atoms with Gasteiger partial charge in [0.25, 0.3) is 0 Å². The largest absolute Gasteiger partial charge is 0.300 e. The van der Waals surface area contributed by atoms with Crippen molar-refractivity contribution in [1.82, 2.24) is 4.90 Å². The van der Waals surface area contributed by atoms with Gasteiger partial charge in [-0.15, -0.1) is 0 Å². The molecule has 0 aromatic heterocycles. The highest BCUT2D eigenvalue weighted by Crippen LogP contribution is 2.23. The SMILES string of the molecule is C1CCCCC(N2CCCCC2)CCCC1. The van der Waals surface area contributed by atoms with E-state index in [1.165, 1.54) is 90.1 Å². The van der Waals surface area contributed by atoms with Gasteiger partial charge in [-0.25, -0.2) is 0 Å². The molecule has 0 aromatic rings. The van der Waals surface area contributed by atoms with Gasteiger partial charge >= 0.3 is 0 Å². The monoisotopic (exact) mass is 223 g/mol. The Hall–Kier alpha value is -0.0400. The van der Waals surface area contributed by atoms with Crippen LogP contribution < -0.4 is 0 Å². The zero-order valence-corrected chi connectivity index (χ0v) is 10.9. The van der Waals surface area contributed by atoms with E-state index in [1.54, 1.807) is 0 Å². The summed E-state index contributed by atoms with van der Waals surface area (Å²) in [4.78, 5) is 2.81. The van der Waals surface area contributed by atoms with Crippen molar-refractivity contribution in [2.24, 2.45) is 0 Å². The van der Waals surface area contributed by atoms with Crippen molar-refractivity contribution in [2.75, 3.05) is 13.1 Å². The van der Waals surface area contributed by atoms with Gasteiger partial charge in [-0.1, -0.05) is 51.4 Å². The Kier molecular flexibility index (Phi) is 5.68. The third-order valence-electron chi connectivity index (χ3n) is 4.48. The molecule has 16 heavy (non-hydrogen) atoms. The lowest BCUT2D eigenvalue weighted by atomic mass is 9.95. The summed E-state index contributed by atoms with van der Waals surface area (Å²) in [5, 5.41) is 0. The van der Waals surface area contributed by atoms with Crippen molar-refractivity contribution < 1.29 is 0 Å². The van der Waals surface area contributed by atoms with E-state index in [9.17, 15) is 0 Å². The average molecular weight is 223 g/mol. The van der Waals surface area contributed by atoms with E-state index in [2.05, 4.69) is 4.90 Å². The van der Waals surface area contributed by atoms with Gasteiger partial charge < -0.3 is 4.90 Å². The first kappa shape index (κ1) is 12.4. The van der Waals surface area contributed by atoms with Gasteiger partial charge in [-0.2, -0.15) is 0 Å². The molecule has 1 saturated carbocycles. The molecule has 2 fully saturated rings. The Bertz CT molecular complexity index is 162. The highest BCUT2D eigenvalue weighted by molar-refractivity contribution is 4.75. The van der Waals surface area contributed by atoms with Gasteiger partial charge in [-0.3, -0.25) is 0 Å². The molecule has 2 aliphatic rings. The summed E-state index contributed by atoms with van der Waals surface area (Å²) in [6.45, 7) is 2.79. The zero-order valence-electron chi connectivity index (χ0n) is 10.9. The summed E-state index contributed by atoms with van der Waals surface area (Å²) in [7, 11) is 0. The third kappa shape index (κ3) is 4.08. The smallest absolute Gasteiger partial charge is 0.00952 e. The van der Waals surface area contributed by atoms with Crippen LogP contribution in [0.5, 0.6) is 0 Å². The van der Waals surface area contributed by atoms with E-state index < -0.39 is 0 Å². The van der Waals surface area contributed by atoms with E-state index in [0.29, 0.717) is 0 Å². The molecule has 1 aliphatic heterocycles. The fourth-order valence-electron chi connectivity index (χ4n) is 3.44. The van der Waals surface area contributed by atoms with Gasteiger partial charge in [0.2, 0.25) is 0 Å². The zero-order chi connectivity index (χ0) is 11.1. The molecular weight excluding hydrogens is 194 g/mol. The fraction of sp³-hybridized carbons (Fsp3) is 1.00. The van der Waals surface area contributed by atoms with E-state index in [4.69, 9.17) is 0 Å². The molecule has 0 aromatic carbocycles. The Balaban J connectivity index is 1.78. The van der Waals surface area contributed by atoms with Gasteiger partial charge in [0.05, 0.1) is 0 Å². The minimum absolute atomic E-state index is 0.943. The predicted molar refractivity (Wildman–Crippen MR) is 70.8 cm³/mol. The average Bonchev–Trinajstić information content (AvgIpc) is 2.37. The van der Waals surface area contributed by atoms with E-state index >= 15 is 0 Å². The van der Waals surface area contributed by atoms with E-state index in [1.807, 2.05) is 0 Å². The van der Waals surface area contributed by atoms with Crippen LogP contribution in [0, 0.1) is 0 Å². The van der Waals surface area contributed by atoms with Crippen molar-refractivity contribution in [3.8, 4) is 0 Å². The minimum Gasteiger partial charge on any atom is -0.300 e. The molecule has 1 aliphatic carbocycles. The fourth-order valence-corrected chi connectivity index (χ4v) is 3.44. The second-order valence-electron chi connectivity index (χ2n) is 5.80. The van der Waals surface area contributed by atoms with Gasteiger partial charge in [0.15, 0.2) is 0 Å². The number of nitrogens with zero attached hydrogens (tertiary/aromatic N) is 1. The lowest BCUT2D eigenvalue weighted by Gasteiger charge is -2.35. The molecule has 1 saturated heterocycles. The van der Waals surface area contributed by atoms with Crippen molar-refractivity contribution in [1.29, 1.82) is 0 Å². The molecule has 1 heteroatoms. The molecule has 0 spiro atoms. The molecule has 2 rings (SSSR count). The van der Waals surface area contributed by atoms with Crippen molar-refractivity contribution in [3.05, 3.63) is 0 Å². The topological polar surface area (TPSA) is 3.24 Å². The van der Waals surface area contributed by atoms with Crippen molar-refractivity contribution >= 4 is 0 Å². The third-order valence-corrected chi connectivity index (χ3v) is 4.48. The molecule has 0 unspecified atom stereocenters. The van der Waals surface area contributed by atoms with Crippen molar-refractivity contribution in [2.45, 2.75) is 83.1 Å². The summed E-state index contributed by atoms with van der Waals surface area (Å²) >= 11 is 0. The van der Waals surface area contributed by atoms with Crippen LogP contribution in [-0.2, 0) is 0 Å². The van der Waals surface area contributed by atoms with Crippen LogP contribution >= 0.6 is 0 Å². The summed E-state index contributed by atoms with van der Waals surface area (Å²) in [6, 6.07) is 0.943. The number of likely N-dealkylation sites (tertiary alicyclic amines) is 1. The number of piperidine rings is 1. The molecule has 94 valence electrons. The maximum absolute atomic E-state index is 2.81. The Morgan fingerprint density at radius 1 is 0.500 bits per heavy atom. The van der Waals surface area contributed by atoms with Crippen LogP contribution in [0.4, 0.5) is 0 Å². The standard InChI is InChI=1S/C15H29N/c1-2-4-7-11-15(12-8-5-3-1)16-13-9-6-10-14-16/h15H,1-14H2. The molecule has 0 amide bonds. The summed E-state index contributed by atoms with van der Waals surface area (Å²) in [5.41, 5.74) is 0. The minimum atomic E-state index is 0.943. The Morgan fingerprint density at radius 2 is 0.938 bits per heavy atom. The maximum atomic E-state index is 2.81. The lowest BCUT2D eigenvalue weighted by Crippen LogP contribution is -2.39. The molecule has 1 heterocycles. The molecule has 0 bridgehead atoms. The number of hydrogen-bond donors (Lipinski definition) is 0. The molecule has 1 nitrogen and oxygen atoms in total. The first-order valence-corrected chi connectivity index (χ1v) is 7.71. The van der Waals surface area contributed by atoms with Gasteiger partial charge in [-0.05, 0) is 38.8 Å².